The van der Waals surface area contributed by atoms with E-state index < -0.39 is 10.0 Å². The number of nitrogens with zero attached hydrogens (tertiary/aromatic N) is 2. The highest BCUT2D eigenvalue weighted by Gasteiger charge is 2.30. The zero-order valence-electron chi connectivity index (χ0n) is 16.1. The fraction of sp³-hybridized carbons (Fsp3) is 0.381. The van der Waals surface area contributed by atoms with Gasteiger partial charge in [0.25, 0.3) is 0 Å². The molecular weight excluding hydrogens is 360 g/mol. The average Bonchev–Trinajstić information content (AvgIpc) is 2.66. The molecule has 0 aliphatic carbocycles. The molecule has 0 saturated carbocycles. The highest BCUT2D eigenvalue weighted by molar-refractivity contribution is 7.89. The van der Waals surface area contributed by atoms with Crippen LogP contribution in [0, 0.1) is 20.8 Å². The number of carbonyl (C=O) groups excluding carboxylic acids is 1. The van der Waals surface area contributed by atoms with Crippen LogP contribution in [0.2, 0.25) is 0 Å². The molecule has 1 fully saturated rings. The predicted octanol–water partition coefficient (Wildman–Crippen LogP) is 2.69. The quantitative estimate of drug-likeness (QED) is 0.812. The highest BCUT2D eigenvalue weighted by atomic mass is 32.2. The summed E-state index contributed by atoms with van der Waals surface area (Å²) < 4.78 is 27.2. The number of piperazine rings is 1. The van der Waals surface area contributed by atoms with Crippen LogP contribution in [0.1, 0.15) is 22.3 Å². The van der Waals surface area contributed by atoms with Crippen LogP contribution in [0.25, 0.3) is 0 Å². The topological polar surface area (TPSA) is 57.7 Å². The lowest BCUT2D eigenvalue weighted by Gasteiger charge is -2.34. The van der Waals surface area contributed by atoms with Crippen LogP contribution in [-0.4, -0.2) is 49.7 Å². The summed E-state index contributed by atoms with van der Waals surface area (Å²) in [4.78, 5) is 14.6. The maximum Gasteiger partial charge on any atom is 0.243 e. The van der Waals surface area contributed by atoms with Gasteiger partial charge in [-0.15, -0.1) is 0 Å². The average molecular weight is 387 g/mol. The molecule has 1 aliphatic rings. The Balaban J connectivity index is 1.63. The third-order valence-corrected chi connectivity index (χ3v) is 7.08. The van der Waals surface area contributed by atoms with Gasteiger partial charge in [-0.1, -0.05) is 35.9 Å². The van der Waals surface area contributed by atoms with Crippen molar-refractivity contribution in [2.45, 2.75) is 32.1 Å². The summed E-state index contributed by atoms with van der Waals surface area (Å²) in [6, 6.07) is 13.1. The van der Waals surface area contributed by atoms with Gasteiger partial charge in [0.05, 0.1) is 11.3 Å². The third kappa shape index (κ3) is 4.39. The second-order valence-electron chi connectivity index (χ2n) is 7.19. The lowest BCUT2D eigenvalue weighted by molar-refractivity contribution is -0.131. The number of hydrogen-bond donors (Lipinski definition) is 0. The minimum Gasteiger partial charge on any atom is -0.340 e. The van der Waals surface area contributed by atoms with Gasteiger partial charge in [0.15, 0.2) is 0 Å². The van der Waals surface area contributed by atoms with Crippen LogP contribution in [-0.2, 0) is 21.2 Å². The van der Waals surface area contributed by atoms with Crippen LogP contribution < -0.4 is 0 Å². The molecule has 1 amide bonds. The summed E-state index contributed by atoms with van der Waals surface area (Å²) in [5, 5.41) is 0. The molecule has 0 unspecified atom stereocenters. The number of rotatable bonds is 4. The summed E-state index contributed by atoms with van der Waals surface area (Å²) >= 11 is 0. The van der Waals surface area contributed by atoms with E-state index in [0.717, 1.165) is 22.3 Å². The Morgan fingerprint density at radius 1 is 0.889 bits per heavy atom. The normalized spacial score (nSPS) is 15.7. The fourth-order valence-electron chi connectivity index (χ4n) is 3.19. The molecule has 2 aromatic carbocycles. The maximum absolute atomic E-state index is 12.9. The van der Waals surface area contributed by atoms with Gasteiger partial charge in [-0.3, -0.25) is 4.79 Å². The van der Waals surface area contributed by atoms with Gasteiger partial charge in [-0.25, -0.2) is 8.42 Å². The van der Waals surface area contributed by atoms with E-state index in [4.69, 9.17) is 0 Å². The van der Waals surface area contributed by atoms with Crippen LogP contribution >= 0.6 is 0 Å². The molecule has 5 nitrogen and oxygen atoms in total. The lowest BCUT2D eigenvalue weighted by atomic mass is 10.1. The first kappa shape index (κ1) is 19.6. The van der Waals surface area contributed by atoms with Crippen molar-refractivity contribution < 1.29 is 13.2 Å². The number of sulfonamides is 1. The molecule has 1 saturated heterocycles. The van der Waals surface area contributed by atoms with Gasteiger partial charge in [0.1, 0.15) is 0 Å². The largest absolute Gasteiger partial charge is 0.340 e. The van der Waals surface area contributed by atoms with E-state index in [1.807, 2.05) is 51.1 Å². The van der Waals surface area contributed by atoms with E-state index in [-0.39, 0.29) is 5.91 Å². The Bertz CT molecular complexity index is 928. The molecule has 144 valence electrons. The lowest BCUT2D eigenvalue weighted by Crippen LogP contribution is -2.50. The minimum atomic E-state index is -3.52. The van der Waals surface area contributed by atoms with Crippen molar-refractivity contribution in [2.24, 2.45) is 0 Å². The first-order valence-electron chi connectivity index (χ1n) is 9.18. The zero-order chi connectivity index (χ0) is 19.6. The van der Waals surface area contributed by atoms with Gasteiger partial charge < -0.3 is 4.90 Å². The van der Waals surface area contributed by atoms with Gasteiger partial charge in [0.2, 0.25) is 15.9 Å². The van der Waals surface area contributed by atoms with Gasteiger partial charge in [-0.2, -0.15) is 4.31 Å². The summed E-state index contributed by atoms with van der Waals surface area (Å²) in [5.74, 6) is 0.0436. The predicted molar refractivity (Wildman–Crippen MR) is 106 cm³/mol. The van der Waals surface area contributed by atoms with Gasteiger partial charge in [-0.05, 0) is 49.6 Å². The van der Waals surface area contributed by atoms with E-state index in [0.29, 0.717) is 37.5 Å². The SMILES string of the molecule is Cc1ccc(CC(=O)N2CCN(S(=O)(=O)c3ccc(C)c(C)c3)CC2)cc1. The van der Waals surface area contributed by atoms with Gasteiger partial charge in [0, 0.05) is 26.2 Å². The van der Waals surface area contributed by atoms with E-state index in [1.54, 1.807) is 17.0 Å². The van der Waals surface area contributed by atoms with E-state index in [9.17, 15) is 13.2 Å². The standard InChI is InChI=1S/C21H26N2O3S/c1-16-4-7-19(8-5-16)15-21(24)22-10-12-23(13-11-22)27(25,26)20-9-6-17(2)18(3)14-20/h4-9,14H,10-13,15H2,1-3H3. The van der Waals surface area contributed by atoms with Gasteiger partial charge >= 0.3 is 0 Å². The Kier molecular flexibility index (Phi) is 5.67. The van der Waals surface area contributed by atoms with Crippen LogP contribution in [0.3, 0.4) is 0 Å². The first-order valence-corrected chi connectivity index (χ1v) is 10.6. The summed E-state index contributed by atoms with van der Waals surface area (Å²) in [6.45, 7) is 7.40. The summed E-state index contributed by atoms with van der Waals surface area (Å²) in [7, 11) is -3.52. The molecule has 0 atom stereocenters. The number of carbonyl (C=O) groups is 1. The van der Waals surface area contributed by atoms with Crippen molar-refractivity contribution in [1.82, 2.24) is 9.21 Å². The second-order valence-corrected chi connectivity index (χ2v) is 9.13. The number of hydrogen-bond acceptors (Lipinski definition) is 3. The maximum atomic E-state index is 12.9. The van der Waals surface area contributed by atoms with E-state index in [1.165, 1.54) is 4.31 Å². The molecule has 6 heteroatoms. The Morgan fingerprint density at radius 2 is 1.52 bits per heavy atom. The van der Waals surface area contributed by atoms with Crippen molar-refractivity contribution >= 4 is 15.9 Å². The Hall–Kier alpha value is -2.18. The molecule has 0 bridgehead atoms. The molecule has 1 heterocycles. The second kappa shape index (κ2) is 7.82. The molecule has 3 rings (SSSR count). The number of benzene rings is 2. The smallest absolute Gasteiger partial charge is 0.243 e. The summed E-state index contributed by atoms with van der Waals surface area (Å²) in [6.07, 6.45) is 0.351. The molecule has 27 heavy (non-hydrogen) atoms. The molecular formula is C21H26N2O3S. The molecule has 0 radical (unpaired) electrons. The van der Waals surface area contributed by atoms with E-state index in [2.05, 4.69) is 0 Å². The number of aryl methyl sites for hydroxylation is 3. The molecule has 0 aromatic heterocycles. The first-order chi connectivity index (χ1) is 12.8. The van der Waals surface area contributed by atoms with E-state index >= 15 is 0 Å². The molecule has 0 spiro atoms. The third-order valence-electron chi connectivity index (χ3n) is 5.18. The summed E-state index contributed by atoms with van der Waals surface area (Å²) in [5.41, 5.74) is 4.18. The van der Waals surface area contributed by atoms with Crippen molar-refractivity contribution in [2.75, 3.05) is 26.2 Å². The number of amides is 1. The van der Waals surface area contributed by atoms with Crippen LogP contribution in [0.5, 0.6) is 0 Å². The zero-order valence-corrected chi connectivity index (χ0v) is 16.9. The van der Waals surface area contributed by atoms with Crippen molar-refractivity contribution in [3.63, 3.8) is 0 Å². The Morgan fingerprint density at radius 3 is 2.11 bits per heavy atom. The Labute approximate surface area is 161 Å². The van der Waals surface area contributed by atoms with Crippen molar-refractivity contribution in [3.05, 3.63) is 64.7 Å². The monoisotopic (exact) mass is 386 g/mol. The highest BCUT2D eigenvalue weighted by Crippen LogP contribution is 2.20. The van der Waals surface area contributed by atoms with Crippen molar-refractivity contribution in [3.8, 4) is 0 Å². The fourth-order valence-corrected chi connectivity index (χ4v) is 4.70. The molecule has 0 N–H and O–H groups in total. The van der Waals surface area contributed by atoms with Crippen LogP contribution in [0.4, 0.5) is 0 Å². The minimum absolute atomic E-state index is 0.0436. The van der Waals surface area contributed by atoms with Crippen molar-refractivity contribution in [1.29, 1.82) is 0 Å². The van der Waals surface area contributed by atoms with Crippen LogP contribution in [0.15, 0.2) is 47.4 Å². The molecule has 2 aromatic rings. The molecule has 1 aliphatic heterocycles.